The van der Waals surface area contributed by atoms with Crippen LogP contribution in [0.15, 0.2) is 100 Å². The van der Waals surface area contributed by atoms with Crippen LogP contribution >= 0.6 is 0 Å². The Morgan fingerprint density at radius 2 is 1.51 bits per heavy atom. The van der Waals surface area contributed by atoms with Crippen molar-refractivity contribution in [3.05, 3.63) is 114 Å². The monoisotopic (exact) mass is 499 g/mol. The summed E-state index contributed by atoms with van der Waals surface area (Å²) in [6.07, 6.45) is 2.86. The number of nitrogens with zero attached hydrogens (tertiary/aromatic N) is 1. The van der Waals surface area contributed by atoms with Gasteiger partial charge in [-0.15, -0.1) is 0 Å². The molecule has 9 heteroatoms. The molecule has 2 aromatic carbocycles. The van der Waals surface area contributed by atoms with Gasteiger partial charge in [0, 0.05) is 11.3 Å². The van der Waals surface area contributed by atoms with E-state index in [0.29, 0.717) is 22.6 Å². The van der Waals surface area contributed by atoms with Crippen LogP contribution in [0.2, 0.25) is 0 Å². The second-order valence-corrected chi connectivity index (χ2v) is 8.14. The largest absolute Gasteiger partial charge is 0.467 e. The normalized spacial score (nSPS) is 11.4. The molecule has 1 unspecified atom stereocenters. The standard InChI is InChI=1S/C28H25N3O6/c1-19(32)20-11-13-22(14-12-20)31(25(33)18-30-27(34)24-10-6-16-37-24)26(21-7-3-2-4-8-21)28(35)29-17-23-9-5-15-36-23/h2-16,26H,17-18H2,1H3,(H,29,35)(H,30,34). The third-order valence-corrected chi connectivity index (χ3v) is 5.60. The van der Waals surface area contributed by atoms with Crippen LogP contribution in [-0.4, -0.2) is 30.0 Å². The molecule has 9 nitrogen and oxygen atoms in total. The number of rotatable bonds is 10. The van der Waals surface area contributed by atoms with Gasteiger partial charge in [0.05, 0.1) is 25.6 Å². The molecule has 0 spiro atoms. The summed E-state index contributed by atoms with van der Waals surface area (Å²) in [4.78, 5) is 52.7. The molecule has 0 radical (unpaired) electrons. The quantitative estimate of drug-likeness (QED) is 0.319. The highest BCUT2D eigenvalue weighted by molar-refractivity contribution is 6.04. The summed E-state index contributed by atoms with van der Waals surface area (Å²) >= 11 is 0. The van der Waals surface area contributed by atoms with Crippen LogP contribution in [0, 0.1) is 0 Å². The second-order valence-electron chi connectivity index (χ2n) is 8.14. The molecule has 1 atom stereocenters. The minimum Gasteiger partial charge on any atom is -0.467 e. The third kappa shape index (κ3) is 6.21. The van der Waals surface area contributed by atoms with Gasteiger partial charge in [0.25, 0.3) is 5.91 Å². The van der Waals surface area contributed by atoms with Crippen molar-refractivity contribution in [1.82, 2.24) is 10.6 Å². The van der Waals surface area contributed by atoms with Gasteiger partial charge in [0.2, 0.25) is 11.8 Å². The smallest absolute Gasteiger partial charge is 0.287 e. The summed E-state index contributed by atoms with van der Waals surface area (Å²) in [5, 5.41) is 5.36. The molecule has 4 aromatic rings. The molecule has 0 bridgehead atoms. The Morgan fingerprint density at radius 1 is 0.811 bits per heavy atom. The zero-order valence-electron chi connectivity index (χ0n) is 20.0. The topological polar surface area (TPSA) is 122 Å². The number of amides is 3. The predicted molar refractivity (Wildman–Crippen MR) is 135 cm³/mol. The Hall–Kier alpha value is -4.92. The summed E-state index contributed by atoms with van der Waals surface area (Å²) in [6.45, 7) is 1.16. The Balaban J connectivity index is 1.67. The lowest BCUT2D eigenvalue weighted by Crippen LogP contribution is -2.47. The molecule has 0 aliphatic rings. The highest BCUT2D eigenvalue weighted by Gasteiger charge is 2.33. The molecule has 0 aliphatic heterocycles. The van der Waals surface area contributed by atoms with Crippen LogP contribution in [-0.2, 0) is 16.1 Å². The predicted octanol–water partition coefficient (Wildman–Crippen LogP) is 3.90. The highest BCUT2D eigenvalue weighted by Crippen LogP contribution is 2.28. The summed E-state index contributed by atoms with van der Waals surface area (Å²) < 4.78 is 10.4. The van der Waals surface area contributed by atoms with E-state index in [-0.39, 0.29) is 18.1 Å². The van der Waals surface area contributed by atoms with Crippen molar-refractivity contribution in [3.63, 3.8) is 0 Å². The zero-order chi connectivity index (χ0) is 26.2. The van der Waals surface area contributed by atoms with Gasteiger partial charge in [0.1, 0.15) is 11.8 Å². The van der Waals surface area contributed by atoms with E-state index in [1.54, 1.807) is 72.8 Å². The Morgan fingerprint density at radius 3 is 2.14 bits per heavy atom. The van der Waals surface area contributed by atoms with E-state index in [1.165, 1.54) is 30.4 Å². The molecule has 0 fully saturated rings. The fourth-order valence-corrected chi connectivity index (χ4v) is 3.77. The summed E-state index contributed by atoms with van der Waals surface area (Å²) in [5.41, 5.74) is 1.39. The maximum absolute atomic E-state index is 13.6. The fraction of sp³-hybridized carbons (Fsp3) is 0.143. The van der Waals surface area contributed by atoms with Crippen molar-refractivity contribution < 1.29 is 28.0 Å². The van der Waals surface area contributed by atoms with Crippen molar-refractivity contribution in [1.29, 1.82) is 0 Å². The SMILES string of the molecule is CC(=O)c1ccc(N(C(=O)CNC(=O)c2ccco2)C(C(=O)NCc2ccco2)c2ccccc2)cc1. The van der Waals surface area contributed by atoms with E-state index in [4.69, 9.17) is 8.83 Å². The highest BCUT2D eigenvalue weighted by atomic mass is 16.3. The van der Waals surface area contributed by atoms with Gasteiger partial charge < -0.3 is 19.5 Å². The molecule has 188 valence electrons. The van der Waals surface area contributed by atoms with Crippen molar-refractivity contribution in [3.8, 4) is 0 Å². The Kier molecular flexibility index (Phi) is 7.95. The van der Waals surface area contributed by atoms with Crippen LogP contribution in [0.25, 0.3) is 0 Å². The van der Waals surface area contributed by atoms with Gasteiger partial charge in [0.15, 0.2) is 11.5 Å². The first kappa shape index (κ1) is 25.2. The zero-order valence-corrected chi connectivity index (χ0v) is 20.0. The number of carbonyl (C=O) groups is 4. The second kappa shape index (κ2) is 11.7. The number of hydrogen-bond donors (Lipinski definition) is 2. The average Bonchev–Trinajstić information content (AvgIpc) is 3.64. The number of nitrogens with one attached hydrogen (secondary N) is 2. The van der Waals surface area contributed by atoms with Crippen LogP contribution in [0.1, 0.15) is 45.2 Å². The molecule has 0 saturated heterocycles. The lowest BCUT2D eigenvalue weighted by molar-refractivity contribution is -0.126. The number of ketones is 1. The van der Waals surface area contributed by atoms with Gasteiger partial charge in [-0.05, 0) is 61.0 Å². The number of carbonyl (C=O) groups excluding carboxylic acids is 4. The summed E-state index contributed by atoms with van der Waals surface area (Å²) in [5.74, 6) is -1.09. The molecule has 37 heavy (non-hydrogen) atoms. The molecule has 2 heterocycles. The lowest BCUT2D eigenvalue weighted by Gasteiger charge is -2.31. The van der Waals surface area contributed by atoms with Crippen LogP contribution in [0.4, 0.5) is 5.69 Å². The van der Waals surface area contributed by atoms with E-state index >= 15 is 0 Å². The van der Waals surface area contributed by atoms with E-state index in [1.807, 2.05) is 0 Å². The first-order valence-electron chi connectivity index (χ1n) is 11.5. The molecule has 2 aromatic heterocycles. The maximum Gasteiger partial charge on any atom is 0.287 e. The van der Waals surface area contributed by atoms with E-state index < -0.39 is 30.3 Å². The number of furan rings is 2. The van der Waals surface area contributed by atoms with E-state index in [0.717, 1.165) is 0 Å². The summed E-state index contributed by atoms with van der Waals surface area (Å²) in [6, 6.07) is 20.6. The van der Waals surface area contributed by atoms with Crippen LogP contribution in [0.3, 0.4) is 0 Å². The number of anilines is 1. The minimum atomic E-state index is -1.08. The van der Waals surface area contributed by atoms with Crippen molar-refractivity contribution in [2.45, 2.75) is 19.5 Å². The van der Waals surface area contributed by atoms with Crippen LogP contribution < -0.4 is 15.5 Å². The average molecular weight is 500 g/mol. The first-order valence-corrected chi connectivity index (χ1v) is 11.5. The maximum atomic E-state index is 13.6. The van der Waals surface area contributed by atoms with Crippen molar-refractivity contribution in [2.75, 3.05) is 11.4 Å². The number of benzene rings is 2. The van der Waals surface area contributed by atoms with Gasteiger partial charge in [-0.25, -0.2) is 0 Å². The molecule has 0 aliphatic carbocycles. The fourth-order valence-electron chi connectivity index (χ4n) is 3.77. The van der Waals surface area contributed by atoms with Gasteiger partial charge >= 0.3 is 0 Å². The van der Waals surface area contributed by atoms with Gasteiger partial charge in [-0.1, -0.05) is 30.3 Å². The molecule has 2 N–H and O–H groups in total. The van der Waals surface area contributed by atoms with Gasteiger partial charge in [-0.3, -0.25) is 24.1 Å². The Bertz CT molecular complexity index is 1350. The number of Topliss-reactive ketones (excluding diaryl/α,β-unsaturated/α-hetero) is 1. The molecule has 0 saturated carbocycles. The van der Waals surface area contributed by atoms with E-state index in [9.17, 15) is 19.2 Å². The summed E-state index contributed by atoms with van der Waals surface area (Å²) in [7, 11) is 0. The van der Waals surface area contributed by atoms with Crippen LogP contribution in [0.5, 0.6) is 0 Å². The molecular formula is C28H25N3O6. The molecule has 4 rings (SSSR count). The van der Waals surface area contributed by atoms with Crippen molar-refractivity contribution in [2.24, 2.45) is 0 Å². The van der Waals surface area contributed by atoms with Gasteiger partial charge in [-0.2, -0.15) is 0 Å². The van der Waals surface area contributed by atoms with Crippen molar-refractivity contribution >= 4 is 29.2 Å². The minimum absolute atomic E-state index is 0.0564. The molecular weight excluding hydrogens is 474 g/mol. The Labute approximate surface area is 213 Å². The third-order valence-electron chi connectivity index (χ3n) is 5.60. The number of hydrogen-bond acceptors (Lipinski definition) is 6. The van der Waals surface area contributed by atoms with E-state index in [2.05, 4.69) is 10.6 Å². The molecule has 3 amide bonds. The first-order chi connectivity index (χ1) is 17.9. The lowest BCUT2D eigenvalue weighted by atomic mass is 10.0.